The Morgan fingerprint density at radius 3 is 2.76 bits per heavy atom. The van der Waals surface area contributed by atoms with Gasteiger partial charge in [-0.25, -0.2) is 0 Å². The maximum Gasteiger partial charge on any atom is 0.263 e. The zero-order valence-corrected chi connectivity index (χ0v) is 17.6. The molecule has 0 radical (unpaired) electrons. The van der Waals surface area contributed by atoms with Crippen LogP contribution in [0.1, 0.15) is 18.9 Å². The lowest BCUT2D eigenvalue weighted by Gasteiger charge is -2.29. The number of hydrogen-bond donors (Lipinski definition) is 0. The number of morpholine rings is 1. The molecule has 6 nitrogen and oxygen atoms in total. The van der Waals surface area contributed by atoms with E-state index >= 15 is 0 Å². The number of rotatable bonds is 9. The molecular weight excluding hydrogens is 390 g/mol. The number of carbonyl (C=O) groups excluding carboxylic acids is 1. The quantitative estimate of drug-likeness (QED) is 0.626. The van der Waals surface area contributed by atoms with Gasteiger partial charge in [-0.1, -0.05) is 17.7 Å². The van der Waals surface area contributed by atoms with Crippen molar-refractivity contribution in [2.45, 2.75) is 26.0 Å². The van der Waals surface area contributed by atoms with E-state index in [4.69, 9.17) is 21.1 Å². The fourth-order valence-corrected chi connectivity index (χ4v) is 3.52. The van der Waals surface area contributed by atoms with Crippen molar-refractivity contribution in [2.24, 2.45) is 0 Å². The van der Waals surface area contributed by atoms with E-state index < -0.39 is 6.10 Å². The van der Waals surface area contributed by atoms with E-state index in [1.54, 1.807) is 37.5 Å². The summed E-state index contributed by atoms with van der Waals surface area (Å²) in [6, 6.07) is 11.0. The van der Waals surface area contributed by atoms with Crippen LogP contribution in [-0.2, 0) is 16.1 Å². The van der Waals surface area contributed by atoms with E-state index in [1.807, 2.05) is 23.1 Å². The van der Waals surface area contributed by atoms with Crippen LogP contribution in [0.15, 0.2) is 48.8 Å². The maximum absolute atomic E-state index is 13.1. The minimum atomic E-state index is -0.598. The van der Waals surface area contributed by atoms with Crippen LogP contribution in [0.2, 0.25) is 5.02 Å². The Morgan fingerprint density at radius 2 is 2.03 bits per heavy atom. The fourth-order valence-electron chi connectivity index (χ4n) is 3.34. The number of benzene rings is 1. The van der Waals surface area contributed by atoms with E-state index in [0.29, 0.717) is 23.9 Å². The van der Waals surface area contributed by atoms with Crippen molar-refractivity contribution >= 4 is 17.5 Å². The predicted octanol–water partition coefficient (Wildman–Crippen LogP) is 3.25. The summed E-state index contributed by atoms with van der Waals surface area (Å²) in [7, 11) is 0. The van der Waals surface area contributed by atoms with E-state index in [9.17, 15) is 4.79 Å². The zero-order valence-electron chi connectivity index (χ0n) is 16.8. The van der Waals surface area contributed by atoms with Gasteiger partial charge in [-0.05, 0) is 49.2 Å². The minimum absolute atomic E-state index is 0.0382. The van der Waals surface area contributed by atoms with Gasteiger partial charge in [-0.3, -0.25) is 14.7 Å². The molecule has 1 aromatic heterocycles. The second-order valence-electron chi connectivity index (χ2n) is 7.14. The van der Waals surface area contributed by atoms with Gasteiger partial charge in [0.1, 0.15) is 5.75 Å². The van der Waals surface area contributed by atoms with Gasteiger partial charge in [-0.2, -0.15) is 0 Å². The Labute approximate surface area is 177 Å². The Kier molecular flexibility index (Phi) is 8.28. The molecule has 7 heteroatoms. The molecule has 3 rings (SSSR count). The number of amides is 1. The normalized spacial score (nSPS) is 15.7. The van der Waals surface area contributed by atoms with Crippen LogP contribution in [0.4, 0.5) is 0 Å². The Balaban J connectivity index is 1.61. The molecule has 1 fully saturated rings. The standard InChI is InChI=1S/C22H28ClN3O3/c1-18(29-21-5-2-4-20(23)16-21)22(27)26(17-19-6-8-24-9-7-19)11-3-10-25-12-14-28-15-13-25/h2,4-9,16,18H,3,10-15,17H2,1H3. The predicted molar refractivity (Wildman–Crippen MR) is 113 cm³/mol. The summed E-state index contributed by atoms with van der Waals surface area (Å²) in [6.07, 6.45) is 3.80. The van der Waals surface area contributed by atoms with Crippen molar-refractivity contribution in [3.05, 3.63) is 59.4 Å². The van der Waals surface area contributed by atoms with Crippen molar-refractivity contribution in [3.8, 4) is 5.75 Å². The zero-order chi connectivity index (χ0) is 20.5. The maximum atomic E-state index is 13.1. The molecule has 0 saturated carbocycles. The number of ether oxygens (including phenoxy) is 2. The highest BCUT2D eigenvalue weighted by atomic mass is 35.5. The third-order valence-electron chi connectivity index (χ3n) is 4.90. The molecule has 1 amide bonds. The first-order valence-corrected chi connectivity index (χ1v) is 10.4. The molecule has 1 saturated heterocycles. The summed E-state index contributed by atoms with van der Waals surface area (Å²) in [5, 5.41) is 0.585. The number of nitrogens with zero attached hydrogens (tertiary/aromatic N) is 3. The second kappa shape index (κ2) is 11.1. The lowest BCUT2D eigenvalue weighted by atomic mass is 10.2. The molecule has 0 N–H and O–H groups in total. The lowest BCUT2D eigenvalue weighted by Crippen LogP contribution is -2.42. The van der Waals surface area contributed by atoms with E-state index in [2.05, 4.69) is 9.88 Å². The van der Waals surface area contributed by atoms with E-state index in [0.717, 1.165) is 44.8 Å². The molecule has 156 valence electrons. The summed E-state index contributed by atoms with van der Waals surface area (Å²) < 4.78 is 11.3. The van der Waals surface area contributed by atoms with Crippen molar-refractivity contribution in [3.63, 3.8) is 0 Å². The third-order valence-corrected chi connectivity index (χ3v) is 5.13. The molecule has 0 bridgehead atoms. The fraction of sp³-hybridized carbons (Fsp3) is 0.455. The molecule has 1 aliphatic rings. The number of pyridine rings is 1. The molecule has 2 aromatic rings. The van der Waals surface area contributed by atoms with Crippen molar-refractivity contribution in [2.75, 3.05) is 39.4 Å². The van der Waals surface area contributed by atoms with Gasteiger partial charge in [0.15, 0.2) is 6.10 Å². The first-order valence-electron chi connectivity index (χ1n) is 10.0. The first kappa shape index (κ1) is 21.6. The highest BCUT2D eigenvalue weighted by Crippen LogP contribution is 2.19. The van der Waals surface area contributed by atoms with Crippen LogP contribution in [0.25, 0.3) is 0 Å². The van der Waals surface area contributed by atoms with Gasteiger partial charge in [0.05, 0.1) is 13.2 Å². The van der Waals surface area contributed by atoms with Gasteiger partial charge in [0.2, 0.25) is 0 Å². The van der Waals surface area contributed by atoms with E-state index in [-0.39, 0.29) is 5.91 Å². The molecule has 1 atom stereocenters. The minimum Gasteiger partial charge on any atom is -0.481 e. The molecule has 1 unspecified atom stereocenters. The third kappa shape index (κ3) is 6.99. The molecule has 29 heavy (non-hydrogen) atoms. The highest BCUT2D eigenvalue weighted by Gasteiger charge is 2.23. The van der Waals surface area contributed by atoms with Crippen LogP contribution >= 0.6 is 11.6 Å². The number of carbonyl (C=O) groups is 1. The summed E-state index contributed by atoms with van der Waals surface area (Å²) >= 11 is 6.03. The highest BCUT2D eigenvalue weighted by molar-refractivity contribution is 6.30. The molecule has 1 aliphatic heterocycles. The van der Waals surface area contributed by atoms with Crippen LogP contribution in [0, 0.1) is 0 Å². The Hall–Kier alpha value is -2.15. The molecule has 0 aliphatic carbocycles. The summed E-state index contributed by atoms with van der Waals surface area (Å²) in [4.78, 5) is 21.4. The second-order valence-corrected chi connectivity index (χ2v) is 7.58. The van der Waals surface area contributed by atoms with Crippen LogP contribution in [0.5, 0.6) is 5.75 Å². The average Bonchev–Trinajstić information content (AvgIpc) is 2.74. The number of halogens is 1. The summed E-state index contributed by atoms with van der Waals surface area (Å²) in [5.74, 6) is 0.555. The molecule has 1 aromatic carbocycles. The van der Waals surface area contributed by atoms with Crippen molar-refractivity contribution in [1.82, 2.24) is 14.8 Å². The molecular formula is C22H28ClN3O3. The average molecular weight is 418 g/mol. The van der Waals surface area contributed by atoms with Gasteiger partial charge in [-0.15, -0.1) is 0 Å². The van der Waals surface area contributed by atoms with Crippen LogP contribution in [-0.4, -0.2) is 66.2 Å². The van der Waals surface area contributed by atoms with E-state index in [1.165, 1.54) is 0 Å². The molecule has 0 spiro atoms. The van der Waals surface area contributed by atoms with Gasteiger partial charge < -0.3 is 14.4 Å². The van der Waals surface area contributed by atoms with Crippen molar-refractivity contribution in [1.29, 1.82) is 0 Å². The monoisotopic (exact) mass is 417 g/mol. The van der Waals surface area contributed by atoms with Gasteiger partial charge in [0, 0.05) is 50.1 Å². The van der Waals surface area contributed by atoms with Gasteiger partial charge in [0.25, 0.3) is 5.91 Å². The van der Waals surface area contributed by atoms with Gasteiger partial charge >= 0.3 is 0 Å². The van der Waals surface area contributed by atoms with Crippen LogP contribution < -0.4 is 4.74 Å². The Morgan fingerprint density at radius 1 is 1.28 bits per heavy atom. The number of hydrogen-bond acceptors (Lipinski definition) is 5. The lowest BCUT2D eigenvalue weighted by molar-refractivity contribution is -0.138. The Bertz CT molecular complexity index is 769. The molecule has 2 heterocycles. The summed E-state index contributed by atoms with van der Waals surface area (Å²) in [5.41, 5.74) is 1.05. The smallest absolute Gasteiger partial charge is 0.263 e. The number of aromatic nitrogens is 1. The van der Waals surface area contributed by atoms with Crippen LogP contribution in [0.3, 0.4) is 0 Å². The first-order chi connectivity index (χ1) is 14.1. The SMILES string of the molecule is CC(Oc1cccc(Cl)c1)C(=O)N(CCCN1CCOCC1)Cc1ccncc1. The van der Waals surface area contributed by atoms with Crippen molar-refractivity contribution < 1.29 is 14.3 Å². The largest absolute Gasteiger partial charge is 0.481 e. The summed E-state index contributed by atoms with van der Waals surface area (Å²) in [6.45, 7) is 7.40. The topological polar surface area (TPSA) is 54.9 Å².